The molecule has 1 N–H and O–H groups in total. The summed E-state index contributed by atoms with van der Waals surface area (Å²) >= 11 is 0. The minimum Gasteiger partial charge on any atom is -0.497 e. The van der Waals surface area contributed by atoms with E-state index in [2.05, 4.69) is 5.32 Å². The maximum absolute atomic E-state index is 12.2. The Morgan fingerprint density at radius 2 is 1.88 bits per heavy atom. The Bertz CT molecular complexity index is 728. The molecule has 5 heteroatoms. The van der Waals surface area contributed by atoms with E-state index in [9.17, 15) is 9.59 Å². The minimum absolute atomic E-state index is 0.128. The highest BCUT2D eigenvalue weighted by molar-refractivity contribution is 5.94. The second-order valence-electron chi connectivity index (χ2n) is 6.27. The van der Waals surface area contributed by atoms with Gasteiger partial charge in [-0.25, -0.2) is 0 Å². The lowest BCUT2D eigenvalue weighted by atomic mass is 10.1. The zero-order chi connectivity index (χ0) is 17.6. The average Bonchev–Trinajstić information content (AvgIpc) is 3.00. The predicted molar refractivity (Wildman–Crippen MR) is 95.3 cm³/mol. The van der Waals surface area contributed by atoms with Gasteiger partial charge in [-0.2, -0.15) is 0 Å². The van der Waals surface area contributed by atoms with Crippen molar-refractivity contribution < 1.29 is 14.3 Å². The van der Waals surface area contributed by atoms with E-state index in [0.717, 1.165) is 11.3 Å². The number of methoxy groups -OCH3 is 1. The number of likely N-dealkylation sites (tertiary alicyclic amines) is 1. The first-order valence-electron chi connectivity index (χ1n) is 8.39. The van der Waals surface area contributed by atoms with Crippen LogP contribution in [0.3, 0.4) is 0 Å². The van der Waals surface area contributed by atoms with E-state index in [4.69, 9.17) is 4.74 Å². The maximum Gasteiger partial charge on any atom is 0.251 e. The fourth-order valence-electron chi connectivity index (χ4n) is 3.03. The highest BCUT2D eigenvalue weighted by Crippen LogP contribution is 2.20. The van der Waals surface area contributed by atoms with Crippen LogP contribution in [0.15, 0.2) is 54.6 Å². The van der Waals surface area contributed by atoms with Gasteiger partial charge in [0.2, 0.25) is 5.91 Å². The van der Waals surface area contributed by atoms with Gasteiger partial charge in [0.15, 0.2) is 0 Å². The van der Waals surface area contributed by atoms with Crippen molar-refractivity contribution in [2.75, 3.05) is 20.2 Å². The van der Waals surface area contributed by atoms with Crippen molar-refractivity contribution in [1.82, 2.24) is 10.2 Å². The normalized spacial score (nSPS) is 16.8. The van der Waals surface area contributed by atoms with Gasteiger partial charge in [0.05, 0.1) is 7.11 Å². The molecule has 0 aliphatic carbocycles. The van der Waals surface area contributed by atoms with Crippen LogP contribution in [0.1, 0.15) is 22.3 Å². The lowest BCUT2D eigenvalue weighted by molar-refractivity contribution is -0.128. The Balaban J connectivity index is 1.50. The second-order valence-corrected chi connectivity index (χ2v) is 6.27. The van der Waals surface area contributed by atoms with Gasteiger partial charge < -0.3 is 15.0 Å². The third-order valence-corrected chi connectivity index (χ3v) is 4.41. The Labute approximate surface area is 147 Å². The number of nitrogens with one attached hydrogen (secondary N) is 1. The number of carbonyl (C=O) groups excluding carboxylic acids is 2. The van der Waals surface area contributed by atoms with Crippen LogP contribution in [0.25, 0.3) is 0 Å². The molecule has 1 saturated heterocycles. The molecule has 1 fully saturated rings. The molecule has 3 rings (SSSR count). The van der Waals surface area contributed by atoms with E-state index in [0.29, 0.717) is 31.6 Å². The number of benzene rings is 2. The molecule has 1 aliphatic heterocycles. The summed E-state index contributed by atoms with van der Waals surface area (Å²) in [5, 5.41) is 2.92. The van der Waals surface area contributed by atoms with Gasteiger partial charge >= 0.3 is 0 Å². The molecule has 0 aromatic heterocycles. The number of amides is 2. The van der Waals surface area contributed by atoms with E-state index in [1.807, 2.05) is 35.2 Å². The van der Waals surface area contributed by atoms with Crippen molar-refractivity contribution in [3.8, 4) is 5.75 Å². The van der Waals surface area contributed by atoms with Crippen LogP contribution in [-0.4, -0.2) is 36.9 Å². The van der Waals surface area contributed by atoms with Crippen molar-refractivity contribution in [2.24, 2.45) is 5.92 Å². The van der Waals surface area contributed by atoms with Gasteiger partial charge in [0.25, 0.3) is 5.91 Å². The first-order valence-corrected chi connectivity index (χ1v) is 8.39. The van der Waals surface area contributed by atoms with Crippen molar-refractivity contribution in [3.63, 3.8) is 0 Å². The van der Waals surface area contributed by atoms with Crippen LogP contribution in [0.5, 0.6) is 5.75 Å². The van der Waals surface area contributed by atoms with Gasteiger partial charge in [-0.15, -0.1) is 0 Å². The van der Waals surface area contributed by atoms with Crippen molar-refractivity contribution in [3.05, 3.63) is 65.7 Å². The highest BCUT2D eigenvalue weighted by Gasteiger charge is 2.29. The molecule has 0 bridgehead atoms. The number of ether oxygens (including phenoxy) is 1. The number of hydrogen-bond acceptors (Lipinski definition) is 3. The molecule has 1 heterocycles. The second kappa shape index (κ2) is 7.83. The summed E-state index contributed by atoms with van der Waals surface area (Å²) in [7, 11) is 1.59. The number of nitrogens with zero attached hydrogens (tertiary/aromatic N) is 1. The lowest BCUT2D eigenvalue weighted by Crippen LogP contribution is -2.31. The van der Waals surface area contributed by atoms with Gasteiger partial charge in [-0.05, 0) is 29.8 Å². The zero-order valence-electron chi connectivity index (χ0n) is 14.3. The quantitative estimate of drug-likeness (QED) is 0.880. The molecule has 1 atom stereocenters. The molecular formula is C20H22N2O3. The van der Waals surface area contributed by atoms with E-state index < -0.39 is 0 Å². The predicted octanol–water partition coefficient (Wildman–Crippen LogP) is 2.47. The molecule has 0 saturated carbocycles. The number of rotatable bonds is 6. The summed E-state index contributed by atoms with van der Waals surface area (Å²) in [6, 6.07) is 16.9. The van der Waals surface area contributed by atoms with Crippen LogP contribution in [0.4, 0.5) is 0 Å². The number of carbonyl (C=O) groups is 2. The molecule has 0 spiro atoms. The zero-order valence-corrected chi connectivity index (χ0v) is 14.3. The van der Waals surface area contributed by atoms with Crippen LogP contribution in [0, 0.1) is 5.92 Å². The van der Waals surface area contributed by atoms with Gasteiger partial charge in [0.1, 0.15) is 5.75 Å². The van der Waals surface area contributed by atoms with E-state index >= 15 is 0 Å². The van der Waals surface area contributed by atoms with Gasteiger partial charge in [-0.3, -0.25) is 9.59 Å². The van der Waals surface area contributed by atoms with Crippen LogP contribution < -0.4 is 10.1 Å². The minimum atomic E-state index is -0.128. The standard InChI is InChI=1S/C20H22N2O3/c1-25-18-9-7-17(8-10-18)20(24)21-12-16-11-19(23)22(14-16)13-15-5-3-2-4-6-15/h2-10,16H,11-14H2,1H3,(H,21,24). The summed E-state index contributed by atoms with van der Waals surface area (Å²) in [5.74, 6) is 0.886. The topological polar surface area (TPSA) is 58.6 Å². The largest absolute Gasteiger partial charge is 0.497 e. The SMILES string of the molecule is COc1ccc(C(=O)NCC2CC(=O)N(Cc3ccccc3)C2)cc1. The third kappa shape index (κ3) is 4.38. The summed E-state index contributed by atoms with van der Waals surface area (Å²) in [5.41, 5.74) is 1.71. The van der Waals surface area contributed by atoms with Crippen LogP contribution >= 0.6 is 0 Å². The Hall–Kier alpha value is -2.82. The molecule has 1 aliphatic rings. The Morgan fingerprint density at radius 1 is 1.16 bits per heavy atom. The van der Waals surface area contributed by atoms with Gasteiger partial charge in [-0.1, -0.05) is 30.3 Å². The molecule has 5 nitrogen and oxygen atoms in total. The molecule has 2 aromatic rings. The summed E-state index contributed by atoms with van der Waals surface area (Å²) < 4.78 is 5.09. The molecule has 2 aromatic carbocycles. The van der Waals surface area contributed by atoms with E-state index in [1.165, 1.54) is 0 Å². The average molecular weight is 338 g/mol. The van der Waals surface area contributed by atoms with Crippen molar-refractivity contribution in [2.45, 2.75) is 13.0 Å². The molecule has 2 amide bonds. The molecule has 1 unspecified atom stereocenters. The van der Waals surface area contributed by atoms with E-state index in [-0.39, 0.29) is 17.7 Å². The smallest absolute Gasteiger partial charge is 0.251 e. The summed E-state index contributed by atoms with van der Waals surface area (Å²) in [6.07, 6.45) is 0.482. The summed E-state index contributed by atoms with van der Waals surface area (Å²) in [4.78, 5) is 26.2. The van der Waals surface area contributed by atoms with Gasteiger partial charge in [0, 0.05) is 37.5 Å². The lowest BCUT2D eigenvalue weighted by Gasteiger charge is -2.17. The molecular weight excluding hydrogens is 316 g/mol. The molecule has 0 radical (unpaired) electrons. The highest BCUT2D eigenvalue weighted by atomic mass is 16.5. The van der Waals surface area contributed by atoms with Crippen molar-refractivity contribution in [1.29, 1.82) is 0 Å². The van der Waals surface area contributed by atoms with Crippen LogP contribution in [0.2, 0.25) is 0 Å². The first kappa shape index (κ1) is 17.0. The molecule has 25 heavy (non-hydrogen) atoms. The number of hydrogen-bond donors (Lipinski definition) is 1. The fourth-order valence-corrected chi connectivity index (χ4v) is 3.03. The Kier molecular flexibility index (Phi) is 5.33. The maximum atomic E-state index is 12.2. The fraction of sp³-hybridized carbons (Fsp3) is 0.300. The van der Waals surface area contributed by atoms with Crippen LogP contribution in [-0.2, 0) is 11.3 Å². The molecule has 130 valence electrons. The third-order valence-electron chi connectivity index (χ3n) is 4.41. The first-order chi connectivity index (χ1) is 12.2. The summed E-state index contributed by atoms with van der Waals surface area (Å²) in [6.45, 7) is 1.81. The Morgan fingerprint density at radius 3 is 2.56 bits per heavy atom. The van der Waals surface area contributed by atoms with E-state index in [1.54, 1.807) is 31.4 Å². The monoisotopic (exact) mass is 338 g/mol. The van der Waals surface area contributed by atoms with Crippen molar-refractivity contribution >= 4 is 11.8 Å².